The number of thiophene rings is 1. The number of hydrogen-bond donors (Lipinski definition) is 1. The van der Waals surface area contributed by atoms with Crippen LogP contribution in [0.3, 0.4) is 0 Å². The number of urea groups is 1. The van der Waals surface area contributed by atoms with Gasteiger partial charge in [0.2, 0.25) is 5.91 Å². The third kappa shape index (κ3) is 3.98. The Hall–Kier alpha value is -1.36. The third-order valence-corrected chi connectivity index (χ3v) is 8.37. The average molecular weight is 421 g/mol. The number of carbonyl (C=O) groups is 2. The summed E-state index contributed by atoms with van der Waals surface area (Å²) >= 11 is 6.86. The lowest BCUT2D eigenvalue weighted by Gasteiger charge is -2.38. The summed E-state index contributed by atoms with van der Waals surface area (Å²) in [5, 5.41) is 0. The van der Waals surface area contributed by atoms with Crippen molar-refractivity contribution in [2.24, 2.45) is 11.7 Å². The van der Waals surface area contributed by atoms with Crippen molar-refractivity contribution in [2.75, 3.05) is 39.3 Å². The molecule has 0 aromatic carbocycles. The van der Waals surface area contributed by atoms with E-state index in [2.05, 4.69) is 0 Å². The second-order valence-electron chi connectivity index (χ2n) is 6.41. The Morgan fingerprint density at radius 3 is 2.38 bits per heavy atom. The Kier molecular flexibility index (Phi) is 5.75. The van der Waals surface area contributed by atoms with E-state index in [0.29, 0.717) is 30.5 Å². The van der Waals surface area contributed by atoms with Crippen molar-refractivity contribution in [3.05, 3.63) is 16.5 Å². The van der Waals surface area contributed by atoms with Crippen LogP contribution in [-0.2, 0) is 14.8 Å². The highest BCUT2D eigenvalue weighted by atomic mass is 35.5. The summed E-state index contributed by atoms with van der Waals surface area (Å²) < 4.78 is 27.2. The van der Waals surface area contributed by atoms with Crippen molar-refractivity contribution in [1.29, 1.82) is 0 Å². The number of likely N-dealkylation sites (tertiary alicyclic amines) is 1. The van der Waals surface area contributed by atoms with E-state index in [1.165, 1.54) is 15.3 Å². The van der Waals surface area contributed by atoms with Gasteiger partial charge in [0.05, 0.1) is 10.3 Å². The Labute approximate surface area is 161 Å². The fourth-order valence-electron chi connectivity index (χ4n) is 3.35. The first-order valence-corrected chi connectivity index (χ1v) is 11.0. The minimum absolute atomic E-state index is 0.0350. The summed E-state index contributed by atoms with van der Waals surface area (Å²) in [5.74, 6) is -0.303. The maximum atomic E-state index is 12.7. The van der Waals surface area contributed by atoms with Gasteiger partial charge in [0, 0.05) is 39.3 Å². The zero-order chi connectivity index (χ0) is 18.9. The lowest BCUT2D eigenvalue weighted by Crippen LogP contribution is -2.54. The number of piperazine rings is 1. The quantitative estimate of drug-likeness (QED) is 0.788. The molecule has 2 fully saturated rings. The van der Waals surface area contributed by atoms with Crippen LogP contribution in [0.15, 0.2) is 16.3 Å². The van der Waals surface area contributed by atoms with E-state index < -0.39 is 16.1 Å². The molecule has 0 bridgehead atoms. The number of nitrogens with two attached hydrogens (primary N) is 1. The van der Waals surface area contributed by atoms with Gasteiger partial charge in [0.1, 0.15) is 4.21 Å². The van der Waals surface area contributed by atoms with Crippen LogP contribution in [0, 0.1) is 5.92 Å². The fraction of sp³-hybridized carbons (Fsp3) is 0.600. The first-order chi connectivity index (χ1) is 12.3. The van der Waals surface area contributed by atoms with Gasteiger partial charge in [0.25, 0.3) is 10.0 Å². The summed E-state index contributed by atoms with van der Waals surface area (Å²) in [4.78, 5) is 27.2. The van der Waals surface area contributed by atoms with E-state index in [4.69, 9.17) is 17.3 Å². The number of piperidine rings is 1. The standard InChI is InChI=1S/C15H21ClN4O4S2/c16-12-3-4-13(25-12)26(23,24)20-8-6-18(7-9-20)14(21)11-2-1-5-19(10-11)15(17)22/h3-4,11H,1-2,5-10H2,(H2,17,22)/t11-/m0/s1. The lowest BCUT2D eigenvalue weighted by molar-refractivity contribution is -0.138. The third-order valence-electron chi connectivity index (χ3n) is 4.78. The number of rotatable bonds is 3. The van der Waals surface area contributed by atoms with E-state index in [1.54, 1.807) is 11.0 Å². The largest absolute Gasteiger partial charge is 0.351 e. The molecule has 26 heavy (non-hydrogen) atoms. The van der Waals surface area contributed by atoms with E-state index >= 15 is 0 Å². The van der Waals surface area contributed by atoms with Crippen molar-refractivity contribution in [3.8, 4) is 0 Å². The molecule has 2 aliphatic heterocycles. The molecule has 2 N–H and O–H groups in total. The maximum absolute atomic E-state index is 12.7. The molecule has 0 spiro atoms. The summed E-state index contributed by atoms with van der Waals surface area (Å²) in [6.07, 6.45) is 1.46. The molecule has 0 aliphatic carbocycles. The highest BCUT2D eigenvalue weighted by molar-refractivity contribution is 7.91. The summed E-state index contributed by atoms with van der Waals surface area (Å²) in [7, 11) is -3.58. The monoisotopic (exact) mass is 420 g/mol. The second kappa shape index (κ2) is 7.71. The molecule has 11 heteroatoms. The van der Waals surface area contributed by atoms with Crippen molar-refractivity contribution in [3.63, 3.8) is 0 Å². The van der Waals surface area contributed by atoms with Gasteiger partial charge in [-0.2, -0.15) is 4.31 Å². The van der Waals surface area contributed by atoms with Crippen LogP contribution < -0.4 is 5.73 Å². The minimum atomic E-state index is -3.58. The van der Waals surface area contributed by atoms with Crippen LogP contribution in [0.25, 0.3) is 0 Å². The molecule has 0 radical (unpaired) electrons. The number of nitrogens with zero attached hydrogens (tertiary/aromatic N) is 3. The van der Waals surface area contributed by atoms with Crippen LogP contribution in [0.5, 0.6) is 0 Å². The van der Waals surface area contributed by atoms with Crippen LogP contribution in [0.2, 0.25) is 4.34 Å². The first kappa shape index (κ1) is 19.4. The number of primary amides is 1. The summed E-state index contributed by atoms with van der Waals surface area (Å²) in [6, 6.07) is 2.56. The Balaban J connectivity index is 1.59. The first-order valence-electron chi connectivity index (χ1n) is 8.37. The molecular formula is C15H21ClN4O4S2. The van der Waals surface area contributed by atoms with Crippen molar-refractivity contribution >= 4 is 44.9 Å². The lowest BCUT2D eigenvalue weighted by atomic mass is 9.96. The van der Waals surface area contributed by atoms with Crippen molar-refractivity contribution < 1.29 is 18.0 Å². The number of halogens is 1. The Bertz CT molecular complexity index is 789. The van der Waals surface area contributed by atoms with Crippen molar-refractivity contribution in [1.82, 2.24) is 14.1 Å². The van der Waals surface area contributed by atoms with Gasteiger partial charge in [-0.05, 0) is 25.0 Å². The van der Waals surface area contributed by atoms with Gasteiger partial charge in [-0.15, -0.1) is 11.3 Å². The van der Waals surface area contributed by atoms with E-state index in [-0.39, 0.29) is 29.1 Å². The summed E-state index contributed by atoms with van der Waals surface area (Å²) in [6.45, 7) is 2.08. The molecular weight excluding hydrogens is 400 g/mol. The van der Waals surface area contributed by atoms with E-state index in [0.717, 1.165) is 24.2 Å². The molecule has 0 saturated carbocycles. The molecule has 1 atom stereocenters. The molecule has 3 heterocycles. The zero-order valence-corrected chi connectivity index (χ0v) is 16.5. The second-order valence-corrected chi connectivity index (χ2v) is 10.3. The highest BCUT2D eigenvalue weighted by Gasteiger charge is 2.35. The van der Waals surface area contributed by atoms with Gasteiger partial charge in [0.15, 0.2) is 0 Å². The van der Waals surface area contributed by atoms with Crippen LogP contribution in [0.1, 0.15) is 12.8 Å². The minimum Gasteiger partial charge on any atom is -0.351 e. The fourth-order valence-corrected chi connectivity index (χ4v) is 6.41. The molecule has 1 aromatic heterocycles. The highest BCUT2D eigenvalue weighted by Crippen LogP contribution is 2.29. The predicted octanol–water partition coefficient (Wildman–Crippen LogP) is 1.03. The number of sulfonamides is 1. The average Bonchev–Trinajstić information content (AvgIpc) is 3.08. The van der Waals surface area contributed by atoms with E-state index in [9.17, 15) is 18.0 Å². The topological polar surface area (TPSA) is 104 Å². The normalized spacial score (nSPS) is 22.4. The van der Waals surface area contributed by atoms with Crippen LogP contribution in [0.4, 0.5) is 4.79 Å². The van der Waals surface area contributed by atoms with Gasteiger partial charge in [-0.1, -0.05) is 11.6 Å². The maximum Gasteiger partial charge on any atom is 0.314 e. The van der Waals surface area contributed by atoms with Gasteiger partial charge in [-0.25, -0.2) is 13.2 Å². The Morgan fingerprint density at radius 2 is 1.81 bits per heavy atom. The molecule has 3 rings (SSSR count). The molecule has 3 amide bonds. The SMILES string of the molecule is NC(=O)N1CCC[C@H](C(=O)N2CCN(S(=O)(=O)c3ccc(Cl)s3)CC2)C1. The van der Waals surface area contributed by atoms with E-state index in [1.807, 2.05) is 0 Å². The predicted molar refractivity (Wildman–Crippen MR) is 98.5 cm³/mol. The van der Waals surface area contributed by atoms with Gasteiger partial charge in [-0.3, -0.25) is 4.79 Å². The molecule has 144 valence electrons. The Morgan fingerprint density at radius 1 is 1.12 bits per heavy atom. The van der Waals surface area contributed by atoms with Crippen LogP contribution in [-0.4, -0.2) is 73.7 Å². The van der Waals surface area contributed by atoms with Gasteiger partial charge >= 0.3 is 6.03 Å². The van der Waals surface area contributed by atoms with Crippen molar-refractivity contribution in [2.45, 2.75) is 17.1 Å². The number of carbonyl (C=O) groups excluding carboxylic acids is 2. The molecule has 1 aromatic rings. The van der Waals surface area contributed by atoms with Crippen LogP contribution >= 0.6 is 22.9 Å². The molecule has 2 saturated heterocycles. The molecule has 0 unspecified atom stereocenters. The molecule has 8 nitrogen and oxygen atoms in total. The number of hydrogen-bond acceptors (Lipinski definition) is 5. The van der Waals surface area contributed by atoms with Gasteiger partial charge < -0.3 is 15.5 Å². The zero-order valence-electron chi connectivity index (χ0n) is 14.1. The molecule has 2 aliphatic rings. The smallest absolute Gasteiger partial charge is 0.314 e. The summed E-state index contributed by atoms with van der Waals surface area (Å²) in [5.41, 5.74) is 5.31. The number of amides is 3.